The second-order valence-corrected chi connectivity index (χ2v) is 4.83. The molecule has 0 aliphatic heterocycles. The smallest absolute Gasteiger partial charge is 0.333 e. The number of carbonyl (C=O) groups is 2. The Balaban J connectivity index is 0.000000433. The molecule has 1 rings (SSSR count). The first kappa shape index (κ1) is 19.9. The summed E-state index contributed by atoms with van der Waals surface area (Å²) in [5.41, 5.74) is 1.81. The number of hydrogen-bond donors (Lipinski definition) is 0. The molecule has 0 saturated heterocycles. The number of esters is 2. The van der Waals surface area contributed by atoms with Gasteiger partial charge < -0.3 is 9.47 Å². The molecule has 5 heteroatoms. The Morgan fingerprint density at radius 1 is 1.00 bits per heavy atom. The molecule has 0 amide bonds. The maximum atomic E-state index is 11.0. The molecule has 120 valence electrons. The molecule has 1 aromatic carbocycles. The van der Waals surface area contributed by atoms with E-state index >= 15 is 0 Å². The van der Waals surface area contributed by atoms with Crippen LogP contribution in [0.2, 0.25) is 0 Å². The second kappa shape index (κ2) is 11.6. The van der Waals surface area contributed by atoms with E-state index in [0.717, 1.165) is 5.56 Å². The lowest BCUT2D eigenvalue weighted by Crippen LogP contribution is -2.06. The van der Waals surface area contributed by atoms with Gasteiger partial charge in [-0.3, -0.25) is 0 Å². The highest BCUT2D eigenvalue weighted by molar-refractivity contribution is 6.18. The molecule has 0 heterocycles. The van der Waals surface area contributed by atoms with E-state index in [1.54, 1.807) is 13.8 Å². The summed E-state index contributed by atoms with van der Waals surface area (Å²) < 4.78 is 9.53. The van der Waals surface area contributed by atoms with Crippen molar-refractivity contribution in [2.45, 2.75) is 20.5 Å². The zero-order chi connectivity index (χ0) is 17.0. The first-order chi connectivity index (χ1) is 10.4. The zero-order valence-corrected chi connectivity index (χ0v) is 13.7. The van der Waals surface area contributed by atoms with Crippen LogP contribution in [0.4, 0.5) is 0 Å². The highest BCUT2D eigenvalue weighted by atomic mass is 35.5. The van der Waals surface area contributed by atoms with Crippen molar-refractivity contribution in [2.24, 2.45) is 0 Å². The number of alkyl halides is 1. The Bertz CT molecular complexity index is 509. The number of carbonyl (C=O) groups excluding carboxylic acids is 2. The number of ether oxygens (including phenoxy) is 2. The topological polar surface area (TPSA) is 52.6 Å². The minimum absolute atomic E-state index is 0.257. The maximum Gasteiger partial charge on any atom is 0.333 e. The van der Waals surface area contributed by atoms with Crippen LogP contribution in [0.3, 0.4) is 0 Å². The minimum Gasteiger partial charge on any atom is -0.461 e. The summed E-state index contributed by atoms with van der Waals surface area (Å²) in [5.74, 6) is -0.390. The number of benzene rings is 1. The molecule has 0 bridgehead atoms. The fraction of sp³-hybridized carbons (Fsp3) is 0.294. The molecule has 0 atom stereocenters. The third kappa shape index (κ3) is 9.77. The molecular weight excluding hydrogens is 304 g/mol. The molecule has 22 heavy (non-hydrogen) atoms. The minimum atomic E-state index is -0.379. The van der Waals surface area contributed by atoms with Gasteiger partial charge in [0.1, 0.15) is 13.2 Å². The van der Waals surface area contributed by atoms with Gasteiger partial charge >= 0.3 is 11.9 Å². The van der Waals surface area contributed by atoms with Crippen LogP contribution in [-0.4, -0.2) is 24.4 Å². The molecule has 0 fully saturated rings. The molecule has 0 radical (unpaired) electrons. The van der Waals surface area contributed by atoms with Crippen molar-refractivity contribution >= 4 is 23.5 Å². The molecule has 0 aliphatic carbocycles. The summed E-state index contributed by atoms with van der Waals surface area (Å²) >= 11 is 5.24. The van der Waals surface area contributed by atoms with Gasteiger partial charge in [0.05, 0.1) is 5.88 Å². The molecular formula is C17H21ClO4. The fourth-order valence-corrected chi connectivity index (χ4v) is 1.18. The van der Waals surface area contributed by atoms with Crippen LogP contribution in [0.5, 0.6) is 0 Å². The number of rotatable bonds is 6. The van der Waals surface area contributed by atoms with Gasteiger partial charge in [-0.15, -0.1) is 11.6 Å². The van der Waals surface area contributed by atoms with Crippen LogP contribution in [-0.2, 0) is 25.7 Å². The average molecular weight is 325 g/mol. The van der Waals surface area contributed by atoms with Crippen LogP contribution in [0, 0.1) is 0 Å². The van der Waals surface area contributed by atoms with E-state index < -0.39 is 0 Å². The van der Waals surface area contributed by atoms with Crippen LogP contribution in [0.15, 0.2) is 54.6 Å². The third-order valence-corrected chi connectivity index (χ3v) is 2.37. The molecule has 1 aromatic rings. The third-order valence-electron chi connectivity index (χ3n) is 2.22. The van der Waals surface area contributed by atoms with E-state index in [9.17, 15) is 9.59 Å². The van der Waals surface area contributed by atoms with Crippen LogP contribution >= 0.6 is 11.6 Å². The maximum absolute atomic E-state index is 11.0. The molecule has 0 unspecified atom stereocenters. The second-order valence-electron chi connectivity index (χ2n) is 4.45. The lowest BCUT2D eigenvalue weighted by Gasteiger charge is -2.03. The van der Waals surface area contributed by atoms with Gasteiger partial charge in [-0.1, -0.05) is 43.5 Å². The summed E-state index contributed by atoms with van der Waals surface area (Å²) in [7, 11) is 0. The van der Waals surface area contributed by atoms with Crippen molar-refractivity contribution in [3.8, 4) is 0 Å². The molecule has 4 nitrogen and oxygen atoms in total. The van der Waals surface area contributed by atoms with Gasteiger partial charge in [-0.2, -0.15) is 0 Å². The van der Waals surface area contributed by atoms with Gasteiger partial charge in [-0.25, -0.2) is 9.59 Å². The van der Waals surface area contributed by atoms with E-state index in [4.69, 9.17) is 16.3 Å². The molecule has 0 saturated carbocycles. The quantitative estimate of drug-likeness (QED) is 0.455. The van der Waals surface area contributed by atoms with E-state index in [2.05, 4.69) is 17.9 Å². The van der Waals surface area contributed by atoms with E-state index in [-0.39, 0.29) is 18.5 Å². The van der Waals surface area contributed by atoms with Crippen molar-refractivity contribution in [1.29, 1.82) is 0 Å². The van der Waals surface area contributed by atoms with Crippen LogP contribution < -0.4 is 0 Å². The van der Waals surface area contributed by atoms with Crippen molar-refractivity contribution in [3.63, 3.8) is 0 Å². The highest BCUT2D eigenvalue weighted by Gasteiger charge is 2.02. The predicted octanol–water partition coefficient (Wildman–Crippen LogP) is 3.65. The standard InChI is InChI=1S/C11H12O2.C6H9ClO2/c1-9(2)11(12)13-8-10-6-4-3-5-7-10;1-5(2)6(8)9-4-3-7/h3-7H,1,8H2,2H3;1,3-4H2,2H3. The normalized spacial score (nSPS) is 9.05. The Labute approximate surface area is 136 Å². The lowest BCUT2D eigenvalue weighted by atomic mass is 10.2. The predicted molar refractivity (Wildman–Crippen MR) is 87.5 cm³/mol. The van der Waals surface area contributed by atoms with Crippen molar-refractivity contribution in [3.05, 3.63) is 60.2 Å². The molecule has 0 N–H and O–H groups in total. The number of hydrogen-bond acceptors (Lipinski definition) is 4. The van der Waals surface area contributed by atoms with E-state index in [0.29, 0.717) is 23.6 Å². The van der Waals surface area contributed by atoms with E-state index in [1.807, 2.05) is 30.3 Å². The first-order valence-corrected chi connectivity index (χ1v) is 7.17. The summed E-state index contributed by atoms with van der Waals surface area (Å²) in [5, 5.41) is 0. The molecule has 0 aromatic heterocycles. The highest BCUT2D eigenvalue weighted by Crippen LogP contribution is 2.02. The summed E-state index contributed by atoms with van der Waals surface area (Å²) in [6.45, 7) is 10.7. The molecule has 0 spiro atoms. The zero-order valence-electron chi connectivity index (χ0n) is 12.9. The first-order valence-electron chi connectivity index (χ1n) is 6.63. The fourth-order valence-electron chi connectivity index (χ4n) is 1.10. The Morgan fingerprint density at radius 2 is 1.50 bits per heavy atom. The lowest BCUT2D eigenvalue weighted by molar-refractivity contribution is -0.140. The Hall–Kier alpha value is -2.07. The van der Waals surface area contributed by atoms with Gasteiger partial charge in [-0.05, 0) is 19.4 Å². The van der Waals surface area contributed by atoms with Crippen molar-refractivity contribution in [1.82, 2.24) is 0 Å². The van der Waals surface area contributed by atoms with Crippen molar-refractivity contribution in [2.75, 3.05) is 12.5 Å². The Kier molecular flexibility index (Phi) is 10.5. The van der Waals surface area contributed by atoms with Gasteiger partial charge in [0, 0.05) is 11.1 Å². The SMILES string of the molecule is C=C(C)C(=O)OCCCl.C=C(C)C(=O)OCc1ccccc1. The van der Waals surface area contributed by atoms with E-state index in [1.165, 1.54) is 0 Å². The van der Waals surface area contributed by atoms with Crippen LogP contribution in [0.1, 0.15) is 19.4 Å². The Morgan fingerprint density at radius 3 is 1.95 bits per heavy atom. The van der Waals surface area contributed by atoms with Gasteiger partial charge in [0.25, 0.3) is 0 Å². The summed E-state index contributed by atoms with van der Waals surface area (Å²) in [4.78, 5) is 21.5. The summed E-state index contributed by atoms with van der Waals surface area (Å²) in [6, 6.07) is 9.55. The average Bonchev–Trinajstić information content (AvgIpc) is 2.51. The van der Waals surface area contributed by atoms with Crippen molar-refractivity contribution < 1.29 is 19.1 Å². The monoisotopic (exact) mass is 324 g/mol. The molecule has 0 aliphatic rings. The largest absolute Gasteiger partial charge is 0.461 e. The van der Waals surface area contributed by atoms with Gasteiger partial charge in [0.2, 0.25) is 0 Å². The summed E-state index contributed by atoms with van der Waals surface area (Å²) in [6.07, 6.45) is 0. The van der Waals surface area contributed by atoms with Crippen LogP contribution in [0.25, 0.3) is 0 Å². The number of halogens is 1. The van der Waals surface area contributed by atoms with Gasteiger partial charge in [0.15, 0.2) is 0 Å².